The summed E-state index contributed by atoms with van der Waals surface area (Å²) in [7, 11) is 1.70. The van der Waals surface area contributed by atoms with Gasteiger partial charge in [0.1, 0.15) is 18.0 Å². The second-order valence-corrected chi connectivity index (χ2v) is 6.74. The number of hydrogen-bond donors (Lipinski definition) is 0. The van der Waals surface area contributed by atoms with Crippen LogP contribution in [-0.4, -0.2) is 24.7 Å². The average molecular weight is 297 g/mol. The summed E-state index contributed by atoms with van der Waals surface area (Å²) in [6, 6.07) is 6.44. The van der Waals surface area contributed by atoms with Crippen molar-refractivity contribution in [2.24, 2.45) is 0 Å². The van der Waals surface area contributed by atoms with Crippen LogP contribution in [0.3, 0.4) is 0 Å². The molecule has 2 rings (SSSR count). The lowest BCUT2D eigenvalue weighted by atomic mass is 9.89. The number of benzene rings is 1. The summed E-state index contributed by atoms with van der Waals surface area (Å²) in [5, 5.41) is 0.0683. The molecule has 3 unspecified atom stereocenters. The molecule has 0 aromatic heterocycles. The molecule has 0 saturated heterocycles. The van der Waals surface area contributed by atoms with Gasteiger partial charge in [-0.25, -0.2) is 0 Å². The molecular weight excluding hydrogens is 272 g/mol. The molecule has 1 aromatic rings. The normalized spacial score (nSPS) is 25.9. The maximum Gasteiger partial charge on any atom is 0.128 e. The van der Waals surface area contributed by atoms with Crippen molar-refractivity contribution in [3.05, 3.63) is 29.3 Å². The Morgan fingerprint density at radius 2 is 1.65 bits per heavy atom. The zero-order chi connectivity index (χ0) is 14.9. The van der Waals surface area contributed by atoms with E-state index in [-0.39, 0.29) is 17.6 Å². The van der Waals surface area contributed by atoms with Gasteiger partial charge in [0.25, 0.3) is 0 Å². The summed E-state index contributed by atoms with van der Waals surface area (Å²) in [6.45, 7) is 8.80. The van der Waals surface area contributed by atoms with Gasteiger partial charge in [-0.15, -0.1) is 11.6 Å². The number of rotatable bonds is 5. The topological polar surface area (TPSA) is 18.5 Å². The maximum absolute atomic E-state index is 6.30. The van der Waals surface area contributed by atoms with Gasteiger partial charge in [-0.05, 0) is 23.0 Å². The zero-order valence-corrected chi connectivity index (χ0v) is 13.8. The molecule has 1 fully saturated rings. The monoisotopic (exact) mass is 296 g/mol. The molecule has 1 saturated carbocycles. The van der Waals surface area contributed by atoms with E-state index in [1.165, 1.54) is 11.1 Å². The molecule has 0 aliphatic heterocycles. The van der Waals surface area contributed by atoms with Crippen LogP contribution >= 0.6 is 11.6 Å². The van der Waals surface area contributed by atoms with Gasteiger partial charge < -0.3 is 9.47 Å². The summed E-state index contributed by atoms with van der Waals surface area (Å²) >= 11 is 6.18. The first-order valence-electron chi connectivity index (χ1n) is 7.42. The highest BCUT2D eigenvalue weighted by atomic mass is 35.5. The highest BCUT2D eigenvalue weighted by molar-refractivity contribution is 6.21. The lowest BCUT2D eigenvalue weighted by molar-refractivity contribution is -0.0591. The average Bonchev–Trinajstić information content (AvgIpc) is 2.37. The van der Waals surface area contributed by atoms with E-state index < -0.39 is 0 Å². The van der Waals surface area contributed by atoms with Gasteiger partial charge in [0.05, 0.1) is 5.38 Å². The van der Waals surface area contributed by atoms with Gasteiger partial charge in [0.2, 0.25) is 0 Å². The minimum atomic E-state index is -0.00287. The fourth-order valence-corrected chi connectivity index (χ4v) is 3.15. The molecule has 1 aromatic carbocycles. The van der Waals surface area contributed by atoms with E-state index in [9.17, 15) is 0 Å². The van der Waals surface area contributed by atoms with Crippen LogP contribution in [0, 0.1) is 0 Å². The predicted molar refractivity (Wildman–Crippen MR) is 84.1 cm³/mol. The van der Waals surface area contributed by atoms with Crippen molar-refractivity contribution in [2.75, 3.05) is 7.11 Å². The molecule has 112 valence electrons. The molecule has 3 atom stereocenters. The van der Waals surface area contributed by atoms with Crippen LogP contribution in [-0.2, 0) is 4.74 Å². The van der Waals surface area contributed by atoms with Crippen molar-refractivity contribution in [1.82, 2.24) is 0 Å². The second kappa shape index (κ2) is 6.36. The SMILES string of the molecule is COC1C(Cl)CC1Oc1c(C(C)C)cccc1C(C)C. The lowest BCUT2D eigenvalue weighted by Gasteiger charge is -2.40. The molecule has 0 spiro atoms. The van der Waals surface area contributed by atoms with E-state index in [1.54, 1.807) is 7.11 Å². The molecule has 0 heterocycles. The summed E-state index contributed by atoms with van der Waals surface area (Å²) in [5.41, 5.74) is 2.54. The van der Waals surface area contributed by atoms with Gasteiger partial charge in [-0.1, -0.05) is 45.9 Å². The first kappa shape index (κ1) is 15.7. The Kier molecular flexibility index (Phi) is 4.98. The van der Waals surface area contributed by atoms with Crippen LogP contribution in [0.5, 0.6) is 5.75 Å². The minimum absolute atomic E-state index is 0.00287. The van der Waals surface area contributed by atoms with Crippen LogP contribution in [0.25, 0.3) is 0 Å². The second-order valence-electron chi connectivity index (χ2n) is 6.18. The summed E-state index contributed by atoms with van der Waals surface area (Å²) < 4.78 is 11.7. The molecule has 20 heavy (non-hydrogen) atoms. The Labute approximate surface area is 127 Å². The van der Waals surface area contributed by atoms with Gasteiger partial charge in [0, 0.05) is 13.5 Å². The lowest BCUT2D eigenvalue weighted by Crippen LogP contribution is -2.52. The van der Waals surface area contributed by atoms with E-state index in [2.05, 4.69) is 45.9 Å². The molecule has 0 bridgehead atoms. The van der Waals surface area contributed by atoms with E-state index in [0.717, 1.165) is 12.2 Å². The maximum atomic E-state index is 6.30. The van der Waals surface area contributed by atoms with Crippen LogP contribution in [0.2, 0.25) is 0 Å². The van der Waals surface area contributed by atoms with Gasteiger partial charge >= 0.3 is 0 Å². The van der Waals surface area contributed by atoms with Gasteiger partial charge in [0.15, 0.2) is 0 Å². The van der Waals surface area contributed by atoms with Crippen LogP contribution < -0.4 is 4.74 Å². The number of para-hydroxylation sites is 1. The first-order chi connectivity index (χ1) is 9.45. The number of methoxy groups -OCH3 is 1. The van der Waals surface area contributed by atoms with Gasteiger partial charge in [-0.2, -0.15) is 0 Å². The fourth-order valence-electron chi connectivity index (χ4n) is 2.71. The number of alkyl halides is 1. The Balaban J connectivity index is 2.29. The van der Waals surface area contributed by atoms with E-state index in [4.69, 9.17) is 21.1 Å². The summed E-state index contributed by atoms with van der Waals surface area (Å²) in [4.78, 5) is 0. The van der Waals surface area contributed by atoms with Crippen molar-refractivity contribution < 1.29 is 9.47 Å². The Morgan fingerprint density at radius 3 is 2.05 bits per heavy atom. The molecule has 2 nitrogen and oxygen atoms in total. The van der Waals surface area contributed by atoms with Crippen LogP contribution in [0.15, 0.2) is 18.2 Å². The Hall–Kier alpha value is -0.730. The smallest absolute Gasteiger partial charge is 0.128 e. The first-order valence-corrected chi connectivity index (χ1v) is 7.85. The molecule has 0 radical (unpaired) electrons. The molecular formula is C17H25ClO2. The number of halogens is 1. The quantitative estimate of drug-likeness (QED) is 0.733. The standard InChI is InChI=1S/C17H25ClO2/c1-10(2)12-7-6-8-13(11(3)4)16(12)20-15-9-14(18)17(15)19-5/h6-8,10-11,14-15,17H,9H2,1-5H3. The summed E-state index contributed by atoms with van der Waals surface area (Å²) in [6.07, 6.45) is 0.918. The van der Waals surface area contributed by atoms with Crippen LogP contribution in [0.1, 0.15) is 57.1 Å². The summed E-state index contributed by atoms with van der Waals surface area (Å²) in [5.74, 6) is 1.92. The third kappa shape index (κ3) is 2.96. The Bertz CT molecular complexity index is 430. The van der Waals surface area contributed by atoms with Crippen LogP contribution in [0.4, 0.5) is 0 Å². The van der Waals surface area contributed by atoms with Crippen molar-refractivity contribution in [3.8, 4) is 5.75 Å². The third-order valence-electron chi connectivity index (χ3n) is 4.04. The largest absolute Gasteiger partial charge is 0.487 e. The number of hydrogen-bond acceptors (Lipinski definition) is 2. The van der Waals surface area contributed by atoms with Crippen molar-refractivity contribution in [1.29, 1.82) is 0 Å². The minimum Gasteiger partial charge on any atom is -0.487 e. The van der Waals surface area contributed by atoms with Crippen molar-refractivity contribution in [3.63, 3.8) is 0 Å². The Morgan fingerprint density at radius 1 is 1.10 bits per heavy atom. The zero-order valence-electron chi connectivity index (χ0n) is 13.0. The van der Waals surface area contributed by atoms with E-state index >= 15 is 0 Å². The molecule has 1 aliphatic carbocycles. The molecule has 3 heteroatoms. The predicted octanol–water partition coefficient (Wildman–Crippen LogP) is 4.71. The van der Waals surface area contributed by atoms with E-state index in [0.29, 0.717) is 11.8 Å². The molecule has 1 aliphatic rings. The van der Waals surface area contributed by atoms with Crippen molar-refractivity contribution >= 4 is 11.6 Å². The van der Waals surface area contributed by atoms with Crippen molar-refractivity contribution in [2.45, 2.75) is 63.5 Å². The molecule has 0 amide bonds. The van der Waals surface area contributed by atoms with E-state index in [1.807, 2.05) is 0 Å². The number of ether oxygens (including phenoxy) is 2. The highest BCUT2D eigenvalue weighted by Gasteiger charge is 2.42. The fraction of sp³-hybridized carbons (Fsp3) is 0.647. The third-order valence-corrected chi connectivity index (χ3v) is 4.47. The molecule has 0 N–H and O–H groups in total. The highest BCUT2D eigenvalue weighted by Crippen LogP contribution is 2.39. The van der Waals surface area contributed by atoms with Gasteiger partial charge in [-0.3, -0.25) is 0 Å².